The molecule has 0 saturated carbocycles. The van der Waals surface area contributed by atoms with Crippen LogP contribution in [0.5, 0.6) is 0 Å². The minimum absolute atomic E-state index is 0.120. The molecule has 0 radical (unpaired) electrons. The molecule has 1 saturated heterocycles. The lowest BCUT2D eigenvalue weighted by Crippen LogP contribution is -2.36. The van der Waals surface area contributed by atoms with Crippen LogP contribution >= 0.6 is 0 Å². The van der Waals surface area contributed by atoms with Gasteiger partial charge in [-0.1, -0.05) is 17.3 Å². The molecule has 110 valence electrons. The highest BCUT2D eigenvalue weighted by Crippen LogP contribution is 2.21. The van der Waals surface area contributed by atoms with Crippen LogP contribution in [0.25, 0.3) is 0 Å². The molecule has 1 aliphatic rings. The van der Waals surface area contributed by atoms with Crippen LogP contribution in [-0.2, 0) is 11.3 Å². The lowest BCUT2D eigenvalue weighted by Gasteiger charge is -2.26. The molecular formula is C14H20FN3O2. The number of ether oxygens (including phenoxy) is 1. The number of hydrogen-bond acceptors (Lipinski definition) is 4. The molecule has 1 fully saturated rings. The minimum atomic E-state index is -0.443. The molecule has 1 aliphatic heterocycles. The highest BCUT2D eigenvalue weighted by Gasteiger charge is 2.28. The summed E-state index contributed by atoms with van der Waals surface area (Å²) in [4.78, 5) is 2.08. The number of hydrogen-bond donors (Lipinski definition) is 2. The Hall–Kier alpha value is -1.66. The second-order valence-electron chi connectivity index (χ2n) is 5.11. The van der Waals surface area contributed by atoms with Crippen molar-refractivity contribution >= 4 is 5.84 Å². The molecule has 0 aromatic heterocycles. The van der Waals surface area contributed by atoms with Gasteiger partial charge in [-0.3, -0.25) is 4.90 Å². The van der Waals surface area contributed by atoms with E-state index in [2.05, 4.69) is 10.1 Å². The second kappa shape index (κ2) is 6.19. The van der Waals surface area contributed by atoms with Gasteiger partial charge in [0.15, 0.2) is 5.84 Å². The molecule has 2 atom stereocenters. The van der Waals surface area contributed by atoms with Crippen molar-refractivity contribution in [3.63, 3.8) is 0 Å². The summed E-state index contributed by atoms with van der Waals surface area (Å²) < 4.78 is 19.9. The van der Waals surface area contributed by atoms with Crippen molar-refractivity contribution in [3.05, 3.63) is 35.1 Å². The highest BCUT2D eigenvalue weighted by atomic mass is 19.1. The molecule has 2 rings (SSSR count). The zero-order valence-corrected chi connectivity index (χ0v) is 11.7. The van der Waals surface area contributed by atoms with Gasteiger partial charge in [-0.25, -0.2) is 4.39 Å². The van der Waals surface area contributed by atoms with E-state index in [1.807, 2.05) is 14.0 Å². The SMILES string of the molecule is CC1OCCC1N(C)Cc1cccc(/C(N)=N/O)c1F. The van der Waals surface area contributed by atoms with Gasteiger partial charge in [0.25, 0.3) is 0 Å². The molecule has 0 spiro atoms. The fourth-order valence-electron chi connectivity index (χ4n) is 2.64. The molecule has 1 heterocycles. The Morgan fingerprint density at radius 1 is 1.60 bits per heavy atom. The van der Waals surface area contributed by atoms with Crippen LogP contribution in [0.2, 0.25) is 0 Å². The van der Waals surface area contributed by atoms with E-state index in [9.17, 15) is 4.39 Å². The van der Waals surface area contributed by atoms with Crippen molar-refractivity contribution < 1.29 is 14.3 Å². The van der Waals surface area contributed by atoms with Crippen molar-refractivity contribution in [1.29, 1.82) is 0 Å². The summed E-state index contributed by atoms with van der Waals surface area (Å²) in [6, 6.07) is 5.19. The van der Waals surface area contributed by atoms with Gasteiger partial charge in [-0.15, -0.1) is 0 Å². The third-order valence-electron chi connectivity index (χ3n) is 3.78. The third-order valence-corrected chi connectivity index (χ3v) is 3.78. The fourth-order valence-corrected chi connectivity index (χ4v) is 2.64. The molecule has 3 N–H and O–H groups in total. The lowest BCUT2D eigenvalue weighted by atomic mass is 10.1. The van der Waals surface area contributed by atoms with E-state index in [4.69, 9.17) is 15.7 Å². The van der Waals surface area contributed by atoms with Gasteiger partial charge >= 0.3 is 0 Å². The van der Waals surface area contributed by atoms with Crippen molar-refractivity contribution in [1.82, 2.24) is 4.90 Å². The Bertz CT molecular complexity index is 507. The molecule has 0 amide bonds. The van der Waals surface area contributed by atoms with Crippen LogP contribution in [0.4, 0.5) is 4.39 Å². The lowest BCUT2D eigenvalue weighted by molar-refractivity contribution is 0.0810. The molecule has 5 nitrogen and oxygen atoms in total. The number of likely N-dealkylation sites (N-methyl/N-ethyl adjacent to an activating group) is 1. The maximum Gasteiger partial charge on any atom is 0.173 e. The zero-order chi connectivity index (χ0) is 14.7. The molecule has 2 unspecified atom stereocenters. The summed E-state index contributed by atoms with van der Waals surface area (Å²) >= 11 is 0. The Morgan fingerprint density at radius 3 is 2.95 bits per heavy atom. The highest BCUT2D eigenvalue weighted by molar-refractivity contribution is 5.97. The van der Waals surface area contributed by atoms with E-state index in [0.717, 1.165) is 13.0 Å². The van der Waals surface area contributed by atoms with Crippen LogP contribution in [0.3, 0.4) is 0 Å². The number of amidine groups is 1. The predicted octanol–water partition coefficient (Wildman–Crippen LogP) is 1.53. The minimum Gasteiger partial charge on any atom is -0.409 e. The van der Waals surface area contributed by atoms with E-state index in [1.54, 1.807) is 12.1 Å². The van der Waals surface area contributed by atoms with Gasteiger partial charge in [0.05, 0.1) is 11.7 Å². The fraction of sp³-hybridized carbons (Fsp3) is 0.500. The molecule has 0 bridgehead atoms. The summed E-state index contributed by atoms with van der Waals surface area (Å²) in [7, 11) is 1.95. The van der Waals surface area contributed by atoms with E-state index < -0.39 is 5.82 Å². The first-order valence-corrected chi connectivity index (χ1v) is 6.61. The molecule has 20 heavy (non-hydrogen) atoms. The van der Waals surface area contributed by atoms with Gasteiger partial charge < -0.3 is 15.7 Å². The summed E-state index contributed by atoms with van der Waals surface area (Å²) in [5.74, 6) is -0.661. The van der Waals surface area contributed by atoms with Gasteiger partial charge in [-0.05, 0) is 26.5 Å². The molecule has 0 aliphatic carbocycles. The van der Waals surface area contributed by atoms with Crippen LogP contribution in [-0.4, -0.2) is 41.7 Å². The monoisotopic (exact) mass is 281 g/mol. The summed E-state index contributed by atoms with van der Waals surface area (Å²) in [6.07, 6.45) is 1.09. The zero-order valence-electron chi connectivity index (χ0n) is 11.7. The Kier molecular flexibility index (Phi) is 4.57. The average molecular weight is 281 g/mol. The van der Waals surface area contributed by atoms with Crippen LogP contribution in [0.1, 0.15) is 24.5 Å². The number of halogens is 1. The van der Waals surface area contributed by atoms with Crippen molar-refractivity contribution in [2.45, 2.75) is 32.0 Å². The Balaban J connectivity index is 2.17. The third kappa shape index (κ3) is 2.91. The number of rotatable bonds is 4. The average Bonchev–Trinajstić information content (AvgIpc) is 2.86. The van der Waals surface area contributed by atoms with Crippen molar-refractivity contribution in [2.75, 3.05) is 13.7 Å². The topological polar surface area (TPSA) is 71.1 Å². The summed E-state index contributed by atoms with van der Waals surface area (Å²) in [6.45, 7) is 3.22. The molecule has 1 aromatic rings. The van der Waals surface area contributed by atoms with Crippen LogP contribution in [0, 0.1) is 5.82 Å². The van der Waals surface area contributed by atoms with E-state index >= 15 is 0 Å². The maximum absolute atomic E-state index is 14.3. The number of oxime groups is 1. The number of benzene rings is 1. The van der Waals surface area contributed by atoms with Crippen LogP contribution in [0.15, 0.2) is 23.4 Å². The normalized spacial score (nSPS) is 23.5. The quantitative estimate of drug-likeness (QED) is 0.380. The molecule has 6 heteroatoms. The Labute approximate surface area is 117 Å². The summed E-state index contributed by atoms with van der Waals surface area (Å²) in [5, 5.41) is 11.5. The predicted molar refractivity (Wildman–Crippen MR) is 74.2 cm³/mol. The molecule has 1 aromatic carbocycles. The van der Waals surface area contributed by atoms with E-state index in [0.29, 0.717) is 12.1 Å². The number of nitrogens with zero attached hydrogens (tertiary/aromatic N) is 2. The first-order chi connectivity index (χ1) is 9.54. The smallest absolute Gasteiger partial charge is 0.173 e. The summed E-state index contributed by atoms with van der Waals surface area (Å²) in [5.41, 5.74) is 6.11. The standard InChI is InChI=1S/C14H20FN3O2/c1-9-12(6-7-20-9)18(2)8-10-4-3-5-11(13(10)15)14(16)17-19/h3-5,9,12,19H,6-8H2,1-2H3,(H2,16,17). The van der Waals surface area contributed by atoms with Crippen molar-refractivity contribution in [2.24, 2.45) is 10.9 Å². The van der Waals surface area contributed by atoms with Crippen LogP contribution < -0.4 is 5.73 Å². The largest absolute Gasteiger partial charge is 0.409 e. The Morgan fingerprint density at radius 2 is 2.35 bits per heavy atom. The molecular weight excluding hydrogens is 261 g/mol. The van der Waals surface area contributed by atoms with Crippen molar-refractivity contribution in [3.8, 4) is 0 Å². The van der Waals surface area contributed by atoms with E-state index in [1.165, 1.54) is 6.07 Å². The van der Waals surface area contributed by atoms with Gasteiger partial charge in [0.1, 0.15) is 5.82 Å². The first-order valence-electron chi connectivity index (χ1n) is 6.61. The second-order valence-corrected chi connectivity index (χ2v) is 5.11. The first kappa shape index (κ1) is 14.7. The van der Waals surface area contributed by atoms with Gasteiger partial charge in [-0.2, -0.15) is 0 Å². The maximum atomic E-state index is 14.3. The van der Waals surface area contributed by atoms with E-state index in [-0.39, 0.29) is 23.5 Å². The number of nitrogens with two attached hydrogens (primary N) is 1. The van der Waals surface area contributed by atoms with Gasteiger partial charge in [0.2, 0.25) is 0 Å². The van der Waals surface area contributed by atoms with Gasteiger partial charge in [0, 0.05) is 24.8 Å².